The molecule has 2 rings (SSSR count). The minimum Gasteiger partial charge on any atom is -0.399 e. The third-order valence-corrected chi connectivity index (χ3v) is 3.09. The van der Waals surface area contributed by atoms with Crippen molar-refractivity contribution in [1.82, 2.24) is 0 Å². The van der Waals surface area contributed by atoms with E-state index in [1.807, 2.05) is 48.6 Å². The first kappa shape index (κ1) is 11.6. The molecule has 0 aromatic heterocycles. The van der Waals surface area contributed by atoms with Gasteiger partial charge in [-0.3, -0.25) is 4.79 Å². The number of Topliss-reactive ketones (excluding diaryl/α,β-unsaturated/α-hetero) is 1. The van der Waals surface area contributed by atoms with Crippen molar-refractivity contribution in [2.75, 3.05) is 5.73 Å². The molecule has 2 heteroatoms. The molecule has 1 unspecified atom stereocenters. The van der Waals surface area contributed by atoms with Crippen molar-refractivity contribution < 1.29 is 4.79 Å². The van der Waals surface area contributed by atoms with Gasteiger partial charge in [-0.1, -0.05) is 42.5 Å². The molecule has 88 valence electrons. The van der Waals surface area contributed by atoms with E-state index in [0.717, 1.165) is 24.1 Å². The SMILES string of the molecule is Nc1ccccc1CCC(=O)C1C=CC=CC1. The zero-order valence-electron chi connectivity index (χ0n) is 9.80. The number of benzene rings is 1. The van der Waals surface area contributed by atoms with Gasteiger partial charge in [-0.2, -0.15) is 0 Å². The molecule has 0 spiro atoms. The van der Waals surface area contributed by atoms with Crippen LogP contribution < -0.4 is 5.73 Å². The Bertz CT molecular complexity index is 460. The van der Waals surface area contributed by atoms with Crippen LogP contribution in [-0.4, -0.2) is 5.78 Å². The highest BCUT2D eigenvalue weighted by Crippen LogP contribution is 2.18. The molecule has 0 bridgehead atoms. The molecule has 1 aliphatic carbocycles. The second-order valence-electron chi connectivity index (χ2n) is 4.32. The van der Waals surface area contributed by atoms with E-state index >= 15 is 0 Å². The van der Waals surface area contributed by atoms with Crippen LogP contribution in [0.15, 0.2) is 48.6 Å². The number of hydrogen-bond acceptors (Lipinski definition) is 2. The average Bonchev–Trinajstić information content (AvgIpc) is 2.38. The number of rotatable bonds is 4. The van der Waals surface area contributed by atoms with Crippen LogP contribution in [0.4, 0.5) is 5.69 Å². The molecule has 0 heterocycles. The van der Waals surface area contributed by atoms with E-state index in [4.69, 9.17) is 5.73 Å². The number of carbonyl (C=O) groups is 1. The lowest BCUT2D eigenvalue weighted by atomic mass is 9.92. The number of carbonyl (C=O) groups excluding carboxylic acids is 1. The lowest BCUT2D eigenvalue weighted by Gasteiger charge is -2.12. The van der Waals surface area contributed by atoms with E-state index in [0.29, 0.717) is 12.2 Å². The summed E-state index contributed by atoms with van der Waals surface area (Å²) >= 11 is 0. The second kappa shape index (κ2) is 5.48. The molecule has 1 aliphatic rings. The van der Waals surface area contributed by atoms with Gasteiger partial charge < -0.3 is 5.73 Å². The predicted molar refractivity (Wildman–Crippen MR) is 70.6 cm³/mol. The Morgan fingerprint density at radius 3 is 2.82 bits per heavy atom. The van der Waals surface area contributed by atoms with Gasteiger partial charge >= 0.3 is 0 Å². The maximum atomic E-state index is 12.0. The quantitative estimate of drug-likeness (QED) is 0.804. The van der Waals surface area contributed by atoms with Crippen molar-refractivity contribution in [1.29, 1.82) is 0 Å². The zero-order valence-corrected chi connectivity index (χ0v) is 9.80. The fraction of sp³-hybridized carbons (Fsp3) is 0.267. The summed E-state index contributed by atoms with van der Waals surface area (Å²) < 4.78 is 0. The van der Waals surface area contributed by atoms with Gasteiger partial charge in [-0.05, 0) is 24.5 Å². The number of aryl methyl sites for hydroxylation is 1. The number of ketones is 1. The molecule has 0 aliphatic heterocycles. The van der Waals surface area contributed by atoms with Gasteiger partial charge in [0.2, 0.25) is 0 Å². The molecule has 2 nitrogen and oxygen atoms in total. The third-order valence-electron chi connectivity index (χ3n) is 3.09. The Kier molecular flexibility index (Phi) is 3.76. The van der Waals surface area contributed by atoms with E-state index in [1.54, 1.807) is 0 Å². The first-order valence-electron chi connectivity index (χ1n) is 5.97. The van der Waals surface area contributed by atoms with Crippen LogP contribution in [-0.2, 0) is 11.2 Å². The third kappa shape index (κ3) is 3.06. The summed E-state index contributed by atoms with van der Waals surface area (Å²) in [6.07, 6.45) is 10.1. The number of para-hydroxylation sites is 1. The van der Waals surface area contributed by atoms with E-state index in [9.17, 15) is 4.79 Å². The highest BCUT2D eigenvalue weighted by Gasteiger charge is 2.15. The zero-order chi connectivity index (χ0) is 12.1. The first-order valence-corrected chi connectivity index (χ1v) is 5.97. The summed E-state index contributed by atoms with van der Waals surface area (Å²) in [4.78, 5) is 12.0. The molecule has 1 atom stereocenters. The maximum Gasteiger partial charge on any atom is 0.140 e. The topological polar surface area (TPSA) is 43.1 Å². The number of nitrogens with two attached hydrogens (primary N) is 1. The van der Waals surface area contributed by atoms with E-state index in [-0.39, 0.29) is 5.92 Å². The smallest absolute Gasteiger partial charge is 0.140 e. The fourth-order valence-corrected chi connectivity index (χ4v) is 2.02. The van der Waals surface area contributed by atoms with Crippen molar-refractivity contribution in [3.63, 3.8) is 0 Å². The lowest BCUT2D eigenvalue weighted by molar-refractivity contribution is -0.121. The van der Waals surface area contributed by atoms with Crippen LogP contribution in [0, 0.1) is 5.92 Å². The van der Waals surface area contributed by atoms with Gasteiger partial charge in [-0.25, -0.2) is 0 Å². The molecule has 0 radical (unpaired) electrons. The largest absolute Gasteiger partial charge is 0.399 e. The predicted octanol–water partition coefficient (Wildman–Crippen LogP) is 2.90. The Hall–Kier alpha value is -1.83. The molecular weight excluding hydrogens is 210 g/mol. The Morgan fingerprint density at radius 1 is 1.29 bits per heavy atom. The van der Waals surface area contributed by atoms with Crippen LogP contribution in [0.25, 0.3) is 0 Å². The van der Waals surface area contributed by atoms with Crippen molar-refractivity contribution in [2.45, 2.75) is 19.3 Å². The van der Waals surface area contributed by atoms with E-state index in [2.05, 4.69) is 0 Å². The van der Waals surface area contributed by atoms with Crippen LogP contribution in [0.2, 0.25) is 0 Å². The number of hydrogen-bond donors (Lipinski definition) is 1. The minimum absolute atomic E-state index is 0.0601. The van der Waals surface area contributed by atoms with Gasteiger partial charge in [0.15, 0.2) is 0 Å². The summed E-state index contributed by atoms with van der Waals surface area (Å²) in [5.41, 5.74) is 7.69. The molecule has 1 aromatic carbocycles. The van der Waals surface area contributed by atoms with Crippen molar-refractivity contribution in [3.05, 3.63) is 54.1 Å². The van der Waals surface area contributed by atoms with Crippen molar-refractivity contribution in [2.24, 2.45) is 5.92 Å². The summed E-state index contributed by atoms with van der Waals surface area (Å²) in [7, 11) is 0. The number of nitrogen functional groups attached to an aromatic ring is 1. The van der Waals surface area contributed by atoms with Crippen LogP contribution in [0.5, 0.6) is 0 Å². The highest BCUT2D eigenvalue weighted by atomic mass is 16.1. The molecule has 2 N–H and O–H groups in total. The monoisotopic (exact) mass is 227 g/mol. The van der Waals surface area contributed by atoms with Gasteiger partial charge in [0.05, 0.1) is 0 Å². The average molecular weight is 227 g/mol. The summed E-state index contributed by atoms with van der Waals surface area (Å²) in [5, 5.41) is 0. The molecule has 0 fully saturated rings. The molecular formula is C15H17NO. The van der Waals surface area contributed by atoms with Crippen molar-refractivity contribution >= 4 is 11.5 Å². The summed E-state index contributed by atoms with van der Waals surface area (Å²) in [6.45, 7) is 0. The maximum absolute atomic E-state index is 12.0. The van der Waals surface area contributed by atoms with Gasteiger partial charge in [0, 0.05) is 18.0 Å². The standard InChI is InChI=1S/C15H17NO/c16-14-9-5-4-6-12(14)10-11-15(17)13-7-2-1-3-8-13/h1-7,9,13H,8,10-11,16H2. The first-order chi connectivity index (χ1) is 8.27. The van der Waals surface area contributed by atoms with Gasteiger partial charge in [0.25, 0.3) is 0 Å². The fourth-order valence-electron chi connectivity index (χ4n) is 2.02. The Balaban J connectivity index is 1.90. The molecule has 0 saturated carbocycles. The number of anilines is 1. The number of allylic oxidation sites excluding steroid dienone is 4. The highest BCUT2D eigenvalue weighted by molar-refractivity contribution is 5.83. The second-order valence-corrected chi connectivity index (χ2v) is 4.32. The molecule has 1 aromatic rings. The minimum atomic E-state index is 0.0601. The molecule has 0 amide bonds. The van der Waals surface area contributed by atoms with Crippen LogP contribution >= 0.6 is 0 Å². The van der Waals surface area contributed by atoms with E-state index < -0.39 is 0 Å². The Morgan fingerprint density at radius 2 is 2.12 bits per heavy atom. The summed E-state index contributed by atoms with van der Waals surface area (Å²) in [5.74, 6) is 0.360. The van der Waals surface area contributed by atoms with Crippen LogP contribution in [0.3, 0.4) is 0 Å². The van der Waals surface area contributed by atoms with Crippen molar-refractivity contribution in [3.8, 4) is 0 Å². The lowest BCUT2D eigenvalue weighted by Crippen LogP contribution is -2.13. The van der Waals surface area contributed by atoms with Crippen LogP contribution in [0.1, 0.15) is 18.4 Å². The molecule has 17 heavy (non-hydrogen) atoms. The summed E-state index contributed by atoms with van der Waals surface area (Å²) in [6, 6.07) is 7.73. The van der Waals surface area contributed by atoms with E-state index in [1.165, 1.54) is 0 Å². The normalized spacial score (nSPS) is 18.2. The van der Waals surface area contributed by atoms with Gasteiger partial charge in [0.1, 0.15) is 5.78 Å². The van der Waals surface area contributed by atoms with Gasteiger partial charge in [-0.15, -0.1) is 0 Å². The molecule has 0 saturated heterocycles. The Labute approximate surface area is 102 Å².